The predicted molar refractivity (Wildman–Crippen MR) is 142 cm³/mol. The van der Waals surface area contributed by atoms with Crippen LogP contribution in [0.3, 0.4) is 0 Å². The van der Waals surface area contributed by atoms with Crippen molar-refractivity contribution in [3.05, 3.63) is 76.9 Å². The Morgan fingerprint density at radius 3 is 2.53 bits per heavy atom. The molecule has 0 radical (unpaired) electrons. The predicted octanol–water partition coefficient (Wildman–Crippen LogP) is 5.20. The van der Waals surface area contributed by atoms with Crippen molar-refractivity contribution in [1.29, 1.82) is 0 Å². The fourth-order valence-electron chi connectivity index (χ4n) is 3.44. The monoisotopic (exact) mass is 522 g/mol. The first kappa shape index (κ1) is 25.5. The molecule has 0 saturated carbocycles. The Labute approximate surface area is 217 Å². The zero-order chi connectivity index (χ0) is 25.5. The molecule has 0 unspecified atom stereocenters. The third-order valence-corrected chi connectivity index (χ3v) is 7.39. The molecule has 2 aromatic heterocycles. The molecule has 4 rings (SSSR count). The maximum Gasteiger partial charge on any atom is 0.341 e. The van der Waals surface area contributed by atoms with Crippen molar-refractivity contribution in [3.8, 4) is 16.9 Å². The van der Waals surface area contributed by atoms with Crippen molar-refractivity contribution < 1.29 is 19.1 Å². The fraction of sp³-hybridized carbons (Fsp3) is 0.231. The van der Waals surface area contributed by atoms with Gasteiger partial charge in [-0.05, 0) is 29.7 Å². The van der Waals surface area contributed by atoms with Crippen LogP contribution in [-0.4, -0.2) is 39.5 Å². The van der Waals surface area contributed by atoms with E-state index in [0.29, 0.717) is 21.5 Å². The lowest BCUT2D eigenvalue weighted by Crippen LogP contribution is -2.16. The number of esters is 1. The number of nitrogens with one attached hydrogen (secondary N) is 1. The Balaban J connectivity index is 1.37. The number of aryl methyl sites for hydroxylation is 1. The largest absolute Gasteiger partial charge is 0.486 e. The number of carbonyl (C=O) groups is 2. The number of carbonyl (C=O) groups excluding carboxylic acids is 2. The average Bonchev–Trinajstić information content (AvgIpc) is 3.49. The molecule has 186 valence electrons. The molecule has 10 heteroatoms. The van der Waals surface area contributed by atoms with Gasteiger partial charge in [0, 0.05) is 18.0 Å². The van der Waals surface area contributed by atoms with Crippen LogP contribution < -0.4 is 10.1 Å². The van der Waals surface area contributed by atoms with Gasteiger partial charge in [0.25, 0.3) is 0 Å². The number of thiophene rings is 1. The van der Waals surface area contributed by atoms with Gasteiger partial charge in [-0.3, -0.25) is 4.79 Å². The SMILES string of the molecule is CCc1ccc(OCc2nnc(SCC(=O)Nc3scc(-c4ccccc4)c3C(=O)OC)n2C)cc1. The van der Waals surface area contributed by atoms with Crippen LogP contribution in [0, 0.1) is 0 Å². The normalized spacial score (nSPS) is 10.8. The fourth-order valence-corrected chi connectivity index (χ4v) is 5.15. The molecule has 0 aliphatic carbocycles. The quantitative estimate of drug-likeness (QED) is 0.226. The van der Waals surface area contributed by atoms with Crippen molar-refractivity contribution in [2.45, 2.75) is 25.1 Å². The zero-order valence-corrected chi connectivity index (χ0v) is 21.8. The van der Waals surface area contributed by atoms with Gasteiger partial charge in [0.2, 0.25) is 5.91 Å². The Bertz CT molecular complexity index is 1330. The first-order valence-corrected chi connectivity index (χ1v) is 13.1. The van der Waals surface area contributed by atoms with Crippen LogP contribution >= 0.6 is 23.1 Å². The number of anilines is 1. The van der Waals surface area contributed by atoms with Gasteiger partial charge >= 0.3 is 5.97 Å². The van der Waals surface area contributed by atoms with Gasteiger partial charge < -0.3 is 19.4 Å². The van der Waals surface area contributed by atoms with Crippen LogP contribution in [0.4, 0.5) is 5.00 Å². The van der Waals surface area contributed by atoms with Crippen LogP contribution in [0.1, 0.15) is 28.7 Å². The maximum atomic E-state index is 12.7. The lowest BCUT2D eigenvalue weighted by molar-refractivity contribution is -0.113. The molecule has 0 aliphatic heterocycles. The lowest BCUT2D eigenvalue weighted by atomic mass is 10.0. The van der Waals surface area contributed by atoms with Crippen LogP contribution in [0.15, 0.2) is 65.1 Å². The Hall–Kier alpha value is -3.63. The summed E-state index contributed by atoms with van der Waals surface area (Å²) in [5.41, 5.74) is 3.18. The molecule has 1 amide bonds. The van der Waals surface area contributed by atoms with Gasteiger partial charge in [-0.25, -0.2) is 4.79 Å². The minimum absolute atomic E-state index is 0.102. The van der Waals surface area contributed by atoms with E-state index in [1.54, 1.807) is 4.57 Å². The molecule has 0 spiro atoms. The maximum absolute atomic E-state index is 12.7. The van der Waals surface area contributed by atoms with E-state index in [4.69, 9.17) is 9.47 Å². The third-order valence-electron chi connectivity index (χ3n) is 5.48. The molecule has 4 aromatic rings. The molecule has 1 N–H and O–H groups in total. The van der Waals surface area contributed by atoms with E-state index in [2.05, 4.69) is 22.4 Å². The number of methoxy groups -OCH3 is 1. The van der Waals surface area contributed by atoms with Gasteiger partial charge in [-0.15, -0.1) is 21.5 Å². The molecule has 0 atom stereocenters. The highest BCUT2D eigenvalue weighted by Crippen LogP contribution is 2.36. The van der Waals surface area contributed by atoms with Crippen molar-refractivity contribution in [1.82, 2.24) is 14.8 Å². The van der Waals surface area contributed by atoms with E-state index in [1.807, 2.05) is 67.0 Å². The molecule has 8 nitrogen and oxygen atoms in total. The first-order valence-electron chi connectivity index (χ1n) is 11.3. The van der Waals surface area contributed by atoms with Gasteiger partial charge in [-0.1, -0.05) is 61.2 Å². The zero-order valence-electron chi connectivity index (χ0n) is 20.2. The molecule has 2 aromatic carbocycles. The highest BCUT2D eigenvalue weighted by molar-refractivity contribution is 7.99. The van der Waals surface area contributed by atoms with E-state index >= 15 is 0 Å². The van der Waals surface area contributed by atoms with E-state index in [1.165, 1.54) is 35.8 Å². The van der Waals surface area contributed by atoms with Crippen LogP contribution in [0.5, 0.6) is 5.75 Å². The van der Waals surface area contributed by atoms with Crippen molar-refractivity contribution in [2.24, 2.45) is 7.05 Å². The average molecular weight is 523 g/mol. The van der Waals surface area contributed by atoms with Crippen LogP contribution in [0.2, 0.25) is 0 Å². The number of hydrogen-bond acceptors (Lipinski definition) is 8. The summed E-state index contributed by atoms with van der Waals surface area (Å²) in [5.74, 6) is 0.751. The second kappa shape index (κ2) is 11.9. The van der Waals surface area contributed by atoms with E-state index in [-0.39, 0.29) is 18.3 Å². The van der Waals surface area contributed by atoms with Crippen molar-refractivity contribution in [3.63, 3.8) is 0 Å². The Kier molecular flexibility index (Phi) is 8.40. The molecule has 0 fully saturated rings. The summed E-state index contributed by atoms with van der Waals surface area (Å²) in [6, 6.07) is 17.5. The standard InChI is InChI=1S/C26H26N4O4S2/c1-4-17-10-12-19(13-11-17)34-14-21-28-29-26(30(21)2)36-16-22(31)27-24-23(25(32)33-3)20(15-35-24)18-8-6-5-7-9-18/h5-13,15H,4,14,16H2,1-3H3,(H,27,31). The summed E-state index contributed by atoms with van der Waals surface area (Å²) in [6.45, 7) is 2.37. The molecule has 0 bridgehead atoms. The Morgan fingerprint density at radius 1 is 1.08 bits per heavy atom. The number of benzene rings is 2. The van der Waals surface area contributed by atoms with E-state index in [0.717, 1.165) is 23.3 Å². The smallest absolute Gasteiger partial charge is 0.341 e. The molecular formula is C26H26N4O4S2. The summed E-state index contributed by atoms with van der Waals surface area (Å²) in [6.07, 6.45) is 0.975. The van der Waals surface area contributed by atoms with Gasteiger partial charge in [-0.2, -0.15) is 0 Å². The second-order valence-corrected chi connectivity index (χ2v) is 9.61. The number of hydrogen-bond donors (Lipinski definition) is 1. The van der Waals surface area contributed by atoms with Gasteiger partial charge in [0.1, 0.15) is 22.9 Å². The van der Waals surface area contributed by atoms with Gasteiger partial charge in [0.15, 0.2) is 11.0 Å². The number of nitrogens with zero attached hydrogens (tertiary/aromatic N) is 3. The topological polar surface area (TPSA) is 95.3 Å². The minimum Gasteiger partial charge on any atom is -0.486 e. The number of amides is 1. The molecule has 2 heterocycles. The highest BCUT2D eigenvalue weighted by Gasteiger charge is 2.22. The van der Waals surface area contributed by atoms with Crippen LogP contribution in [0.25, 0.3) is 11.1 Å². The minimum atomic E-state index is -0.500. The van der Waals surface area contributed by atoms with Gasteiger partial charge in [0.05, 0.1) is 12.9 Å². The number of thioether (sulfide) groups is 1. The highest BCUT2D eigenvalue weighted by atomic mass is 32.2. The summed E-state index contributed by atoms with van der Waals surface area (Å²) in [7, 11) is 3.16. The number of rotatable bonds is 10. The molecule has 0 aliphatic rings. The Morgan fingerprint density at radius 2 is 1.83 bits per heavy atom. The van der Waals surface area contributed by atoms with Crippen LogP contribution in [-0.2, 0) is 29.6 Å². The number of ether oxygens (including phenoxy) is 2. The summed E-state index contributed by atoms with van der Waals surface area (Å²) < 4.78 is 12.6. The summed E-state index contributed by atoms with van der Waals surface area (Å²) >= 11 is 2.54. The summed E-state index contributed by atoms with van der Waals surface area (Å²) in [4.78, 5) is 25.2. The first-order chi connectivity index (χ1) is 17.5. The molecule has 36 heavy (non-hydrogen) atoms. The lowest BCUT2D eigenvalue weighted by Gasteiger charge is -2.08. The van der Waals surface area contributed by atoms with Crippen molar-refractivity contribution in [2.75, 3.05) is 18.2 Å². The molecular weight excluding hydrogens is 496 g/mol. The summed E-state index contributed by atoms with van der Waals surface area (Å²) in [5, 5.41) is 14.1. The molecule has 0 saturated heterocycles. The third kappa shape index (κ3) is 5.95. The second-order valence-electron chi connectivity index (χ2n) is 7.79. The number of aromatic nitrogens is 3. The van der Waals surface area contributed by atoms with E-state index < -0.39 is 5.97 Å². The van der Waals surface area contributed by atoms with Crippen molar-refractivity contribution >= 4 is 40.0 Å². The van der Waals surface area contributed by atoms with E-state index in [9.17, 15) is 9.59 Å².